The molecule has 0 N–H and O–H groups in total. The Bertz CT molecular complexity index is 1140. The van der Waals surface area contributed by atoms with Crippen molar-refractivity contribution in [1.29, 1.82) is 0 Å². The van der Waals surface area contributed by atoms with Crippen molar-refractivity contribution in [2.45, 2.75) is 60.3 Å². The number of nitrogens with zero attached hydrogens (tertiary/aromatic N) is 3. The highest BCUT2D eigenvalue weighted by molar-refractivity contribution is 9.10. The van der Waals surface area contributed by atoms with Crippen molar-refractivity contribution in [1.82, 2.24) is 8.96 Å². The molecule has 0 amide bonds. The predicted molar refractivity (Wildman–Crippen MR) is 169 cm³/mol. The topological polar surface area (TPSA) is 30.3 Å². The number of pyridine rings is 1. The van der Waals surface area contributed by atoms with Gasteiger partial charge in [-0.05, 0) is 64.3 Å². The minimum absolute atomic E-state index is 0.783. The van der Waals surface area contributed by atoms with Crippen LogP contribution in [0.4, 0.5) is 5.69 Å². The van der Waals surface area contributed by atoms with Gasteiger partial charge in [0.15, 0.2) is 5.65 Å². The summed E-state index contributed by atoms with van der Waals surface area (Å²) in [5.74, 6) is 0. The Morgan fingerprint density at radius 1 is 0.784 bits per heavy atom. The van der Waals surface area contributed by atoms with Crippen LogP contribution < -0.4 is 4.90 Å². The molecule has 2 aromatic heterocycles. The van der Waals surface area contributed by atoms with Crippen molar-refractivity contribution >= 4 is 44.6 Å². The molecule has 0 radical (unpaired) electrons. The van der Waals surface area contributed by atoms with E-state index in [9.17, 15) is 0 Å². The maximum Gasteiger partial charge on any atom is 0.151 e. The minimum atomic E-state index is 0.783. The number of ether oxygens (including phenoxy) is 1. The highest BCUT2D eigenvalue weighted by Crippen LogP contribution is 2.37. The van der Waals surface area contributed by atoms with Gasteiger partial charge in [-0.25, -0.2) is 4.98 Å². The van der Waals surface area contributed by atoms with E-state index in [0.29, 0.717) is 0 Å². The summed E-state index contributed by atoms with van der Waals surface area (Å²) in [7, 11) is 0. The van der Waals surface area contributed by atoms with Gasteiger partial charge in [0.2, 0.25) is 0 Å². The third-order valence-electron chi connectivity index (χ3n) is 5.07. The van der Waals surface area contributed by atoms with Gasteiger partial charge in [0, 0.05) is 45.3 Å². The number of hydrogen-bond donors (Lipinski definition) is 0. The van der Waals surface area contributed by atoms with Crippen LogP contribution in [-0.4, -0.2) is 35.3 Å². The second kappa shape index (κ2) is 18.9. The van der Waals surface area contributed by atoms with Crippen LogP contribution in [0.25, 0.3) is 22.3 Å². The van der Waals surface area contributed by atoms with Crippen molar-refractivity contribution in [2.75, 3.05) is 31.2 Å². The van der Waals surface area contributed by atoms with Gasteiger partial charge in [-0.2, -0.15) is 0 Å². The first kappa shape index (κ1) is 32.7. The van der Waals surface area contributed by atoms with E-state index in [4.69, 9.17) is 4.74 Å². The van der Waals surface area contributed by atoms with Crippen LogP contribution in [0.15, 0.2) is 82.3 Å². The summed E-state index contributed by atoms with van der Waals surface area (Å²) < 4.78 is 8.80. The van der Waals surface area contributed by atoms with Gasteiger partial charge in [-0.15, -0.1) is 0 Å². The maximum atomic E-state index is 5.51. The number of benzene rings is 2. The Kier molecular flexibility index (Phi) is 16.7. The molecule has 0 aliphatic carbocycles. The Hall–Kier alpha value is -2.28. The quantitative estimate of drug-likeness (QED) is 0.238. The molecule has 0 bridgehead atoms. The van der Waals surface area contributed by atoms with Gasteiger partial charge < -0.3 is 9.64 Å². The Balaban J connectivity index is 0.000000784. The fourth-order valence-electron chi connectivity index (χ4n) is 3.61. The van der Waals surface area contributed by atoms with E-state index in [2.05, 4.69) is 84.4 Å². The fourth-order valence-corrected chi connectivity index (χ4v) is 5.00. The zero-order chi connectivity index (χ0) is 27.6. The number of fused-ring (bicyclic) bond motifs is 1. The van der Waals surface area contributed by atoms with Crippen molar-refractivity contribution in [3.05, 3.63) is 77.4 Å². The molecule has 202 valence electrons. The lowest BCUT2D eigenvalue weighted by Crippen LogP contribution is -2.36. The molecule has 1 aliphatic rings. The van der Waals surface area contributed by atoms with Crippen LogP contribution in [0.2, 0.25) is 0 Å². The van der Waals surface area contributed by atoms with E-state index >= 15 is 0 Å². The molecule has 2 aromatic carbocycles. The van der Waals surface area contributed by atoms with Crippen molar-refractivity contribution in [2.24, 2.45) is 0 Å². The summed E-state index contributed by atoms with van der Waals surface area (Å²) in [6.07, 6.45) is 1.85. The Morgan fingerprint density at radius 3 is 2.08 bits per heavy atom. The van der Waals surface area contributed by atoms with Gasteiger partial charge >= 0.3 is 0 Å². The molecule has 4 aromatic rings. The van der Waals surface area contributed by atoms with E-state index in [1.807, 2.05) is 73.7 Å². The fraction of sp³-hybridized carbons (Fsp3) is 0.387. The van der Waals surface area contributed by atoms with Crippen LogP contribution in [0, 0.1) is 0 Å². The van der Waals surface area contributed by atoms with Crippen LogP contribution in [0.5, 0.6) is 0 Å². The maximum absolute atomic E-state index is 5.51. The summed E-state index contributed by atoms with van der Waals surface area (Å²) in [5.41, 5.74) is 4.52. The lowest BCUT2D eigenvalue weighted by molar-refractivity contribution is 0.122. The van der Waals surface area contributed by atoms with Gasteiger partial charge in [0.1, 0.15) is 0 Å². The largest absolute Gasteiger partial charge is 0.378 e. The second-order valence-corrected chi connectivity index (χ2v) is 8.78. The normalized spacial score (nSPS) is 12.0. The molecule has 37 heavy (non-hydrogen) atoms. The van der Waals surface area contributed by atoms with Gasteiger partial charge in [0.05, 0.1) is 18.9 Å². The summed E-state index contributed by atoms with van der Waals surface area (Å²) in [4.78, 5) is 8.25. The predicted octanol–water partition coefficient (Wildman–Crippen LogP) is 9.96. The molecule has 0 saturated carbocycles. The summed E-state index contributed by atoms with van der Waals surface area (Å²) in [6, 6.07) is 23.4. The standard InChI is InChI=1S/C23H20BrN3OS.4C2H6/c24-21-9-10-25-23-20(21)16-22(27(23)29-19-7-2-1-3-8-19)17-5-4-6-18(15-17)26-11-13-28-14-12-26;4*1-2/h1-10,15-16H,11-14H2;4*1-2H3. The van der Waals surface area contributed by atoms with Crippen molar-refractivity contribution < 1.29 is 4.74 Å². The molecule has 4 nitrogen and oxygen atoms in total. The molecule has 1 saturated heterocycles. The second-order valence-electron chi connectivity index (χ2n) is 6.91. The average molecular weight is 587 g/mol. The number of morpholine rings is 1. The first-order valence-electron chi connectivity index (χ1n) is 13.6. The lowest BCUT2D eigenvalue weighted by atomic mass is 10.1. The molecule has 1 fully saturated rings. The van der Waals surface area contributed by atoms with Crippen molar-refractivity contribution in [3.63, 3.8) is 0 Å². The first-order chi connectivity index (χ1) is 18.3. The molecule has 3 heterocycles. The number of aromatic nitrogens is 2. The highest BCUT2D eigenvalue weighted by atomic mass is 79.9. The number of rotatable bonds is 4. The highest BCUT2D eigenvalue weighted by Gasteiger charge is 2.17. The molecule has 1 aliphatic heterocycles. The third kappa shape index (κ3) is 8.91. The Morgan fingerprint density at radius 2 is 1.43 bits per heavy atom. The average Bonchev–Trinajstić information content (AvgIpc) is 3.38. The molecular formula is C31H44BrN3OS. The van der Waals surface area contributed by atoms with Gasteiger partial charge in [0.25, 0.3) is 0 Å². The number of anilines is 1. The summed E-state index contributed by atoms with van der Waals surface area (Å²) >= 11 is 5.39. The van der Waals surface area contributed by atoms with Crippen LogP contribution in [-0.2, 0) is 4.74 Å². The lowest BCUT2D eigenvalue weighted by Gasteiger charge is -2.29. The number of halogens is 1. The summed E-state index contributed by atoms with van der Waals surface area (Å²) in [6.45, 7) is 19.4. The van der Waals surface area contributed by atoms with Crippen molar-refractivity contribution in [3.8, 4) is 11.3 Å². The van der Waals surface area contributed by atoms with Crippen LogP contribution >= 0.6 is 27.9 Å². The third-order valence-corrected chi connectivity index (χ3v) is 6.79. The Labute approximate surface area is 237 Å². The molecule has 0 unspecified atom stereocenters. The molecular weight excluding hydrogens is 542 g/mol. The van der Waals surface area contributed by atoms with E-state index in [-0.39, 0.29) is 0 Å². The first-order valence-corrected chi connectivity index (χ1v) is 15.2. The molecule has 0 atom stereocenters. The zero-order valence-corrected chi connectivity index (χ0v) is 26.2. The summed E-state index contributed by atoms with van der Waals surface area (Å²) in [5, 5.41) is 1.11. The molecule has 5 rings (SSSR count). The van der Waals surface area contributed by atoms with Gasteiger partial charge in [-0.3, -0.25) is 3.97 Å². The monoisotopic (exact) mass is 585 g/mol. The van der Waals surface area contributed by atoms with Crippen LogP contribution in [0.1, 0.15) is 55.4 Å². The molecule has 0 spiro atoms. The smallest absolute Gasteiger partial charge is 0.151 e. The van der Waals surface area contributed by atoms with Gasteiger partial charge in [-0.1, -0.05) is 85.7 Å². The van der Waals surface area contributed by atoms with E-state index in [0.717, 1.165) is 47.5 Å². The number of hydrogen-bond acceptors (Lipinski definition) is 4. The SMILES string of the molecule is Brc1ccnc2c1cc(-c1cccc(N3CCOCC3)c1)n2Sc1ccccc1.CC.CC.CC.CC. The molecule has 6 heteroatoms. The van der Waals surface area contributed by atoms with E-state index < -0.39 is 0 Å². The van der Waals surface area contributed by atoms with E-state index in [1.165, 1.54) is 16.1 Å². The minimum Gasteiger partial charge on any atom is -0.378 e. The van der Waals surface area contributed by atoms with Crippen LogP contribution in [0.3, 0.4) is 0 Å². The zero-order valence-electron chi connectivity index (χ0n) is 23.8. The van der Waals surface area contributed by atoms with E-state index in [1.54, 1.807) is 11.9 Å².